The summed E-state index contributed by atoms with van der Waals surface area (Å²) in [5.41, 5.74) is -0.532. The van der Waals surface area contributed by atoms with Crippen LogP contribution in [0.1, 0.15) is 62.7 Å². The predicted molar refractivity (Wildman–Crippen MR) is 123 cm³/mol. The highest BCUT2D eigenvalue weighted by atomic mass is 16.5. The van der Waals surface area contributed by atoms with Crippen molar-refractivity contribution in [1.82, 2.24) is 10.6 Å². The molecule has 1 saturated heterocycles. The van der Waals surface area contributed by atoms with E-state index in [1.165, 1.54) is 6.42 Å². The highest BCUT2D eigenvalue weighted by Crippen LogP contribution is 2.29. The van der Waals surface area contributed by atoms with Gasteiger partial charge in [-0.2, -0.15) is 0 Å². The Bertz CT molecular complexity index is 1010. The summed E-state index contributed by atoms with van der Waals surface area (Å²) >= 11 is 0. The van der Waals surface area contributed by atoms with Crippen LogP contribution in [0.25, 0.3) is 10.8 Å². The number of amides is 2. The molecule has 2 N–H and O–H groups in total. The van der Waals surface area contributed by atoms with Crippen LogP contribution in [0, 0.1) is 5.92 Å². The smallest absolute Gasteiger partial charge is 0.252 e. The van der Waals surface area contributed by atoms with Crippen LogP contribution < -0.4 is 10.6 Å². The van der Waals surface area contributed by atoms with Crippen LogP contribution in [0.2, 0.25) is 0 Å². The van der Waals surface area contributed by atoms with Crippen LogP contribution in [0.3, 0.4) is 0 Å². The lowest BCUT2D eigenvalue weighted by Crippen LogP contribution is -2.60. The lowest BCUT2D eigenvalue weighted by atomic mass is 9.84. The summed E-state index contributed by atoms with van der Waals surface area (Å²) in [6.45, 7) is 3.48. The van der Waals surface area contributed by atoms with E-state index in [0.29, 0.717) is 17.9 Å². The Balaban J connectivity index is 1.56. The summed E-state index contributed by atoms with van der Waals surface area (Å²) in [5, 5.41) is 7.73. The van der Waals surface area contributed by atoms with Gasteiger partial charge in [0.25, 0.3) is 5.91 Å². The Kier molecular flexibility index (Phi) is 6.60. The summed E-state index contributed by atoms with van der Waals surface area (Å²) in [6.07, 6.45) is 5.80. The van der Waals surface area contributed by atoms with Gasteiger partial charge >= 0.3 is 0 Å². The number of hydrogen-bond acceptors (Lipinski definition) is 4. The molecule has 1 heterocycles. The molecule has 0 spiro atoms. The minimum absolute atomic E-state index is 0.00635. The van der Waals surface area contributed by atoms with Crippen molar-refractivity contribution >= 4 is 28.4 Å². The van der Waals surface area contributed by atoms with Crippen LogP contribution in [-0.2, 0) is 14.3 Å². The van der Waals surface area contributed by atoms with Gasteiger partial charge in [-0.25, -0.2) is 0 Å². The van der Waals surface area contributed by atoms with Gasteiger partial charge in [0, 0.05) is 5.56 Å². The molecule has 2 aliphatic rings. The van der Waals surface area contributed by atoms with Gasteiger partial charge in [-0.1, -0.05) is 68.5 Å². The van der Waals surface area contributed by atoms with Gasteiger partial charge in [0.15, 0.2) is 5.78 Å². The minimum atomic E-state index is -1.08. The molecule has 170 valence electrons. The maximum Gasteiger partial charge on any atom is 0.252 e. The van der Waals surface area contributed by atoms with E-state index in [2.05, 4.69) is 10.6 Å². The summed E-state index contributed by atoms with van der Waals surface area (Å²) < 4.78 is 5.46. The second-order valence-electron chi connectivity index (χ2n) is 9.36. The molecular weight excluding hydrogens is 404 g/mol. The third-order valence-corrected chi connectivity index (χ3v) is 7.19. The molecule has 0 bridgehead atoms. The normalized spacial score (nSPS) is 24.9. The summed E-state index contributed by atoms with van der Waals surface area (Å²) in [6, 6.07) is 12.6. The fraction of sp³-hybridized carbons (Fsp3) is 0.500. The van der Waals surface area contributed by atoms with Crippen molar-refractivity contribution in [1.29, 1.82) is 0 Å². The Morgan fingerprint density at radius 2 is 1.81 bits per heavy atom. The Hall–Kier alpha value is -2.73. The second kappa shape index (κ2) is 9.41. The van der Waals surface area contributed by atoms with E-state index < -0.39 is 17.7 Å². The number of nitrogens with one attached hydrogen (secondary N) is 2. The predicted octanol–water partition coefficient (Wildman–Crippen LogP) is 3.77. The molecule has 3 atom stereocenters. The summed E-state index contributed by atoms with van der Waals surface area (Å²) in [4.78, 5) is 39.1. The number of hydrogen-bond donors (Lipinski definition) is 2. The number of benzene rings is 2. The zero-order valence-electron chi connectivity index (χ0n) is 18.9. The Labute approximate surface area is 189 Å². The Morgan fingerprint density at radius 3 is 2.53 bits per heavy atom. The molecular formula is C26H32N2O4. The molecule has 4 rings (SSSR count). The topological polar surface area (TPSA) is 84.5 Å². The third kappa shape index (κ3) is 4.56. The number of fused-ring (bicyclic) bond motifs is 1. The number of rotatable bonds is 6. The zero-order chi connectivity index (χ0) is 22.7. The van der Waals surface area contributed by atoms with Crippen molar-refractivity contribution in [3.63, 3.8) is 0 Å². The SMILES string of the molecule is C[C@H]1OCC(=O)[C@]1(C)NC(=O)[C@H](CC1CCCCC1)NC(=O)c1cccc2ccccc12. The first-order valence-electron chi connectivity index (χ1n) is 11.6. The van der Waals surface area contributed by atoms with E-state index in [-0.39, 0.29) is 24.2 Å². The first kappa shape index (κ1) is 22.5. The summed E-state index contributed by atoms with van der Waals surface area (Å²) in [5.74, 6) is -0.356. The molecule has 32 heavy (non-hydrogen) atoms. The molecule has 1 saturated carbocycles. The van der Waals surface area contributed by atoms with E-state index in [0.717, 1.165) is 36.5 Å². The largest absolute Gasteiger partial charge is 0.368 e. The van der Waals surface area contributed by atoms with Gasteiger partial charge in [0.05, 0.1) is 6.10 Å². The first-order valence-corrected chi connectivity index (χ1v) is 11.6. The van der Waals surface area contributed by atoms with E-state index in [9.17, 15) is 14.4 Å². The lowest BCUT2D eigenvalue weighted by molar-refractivity contribution is -0.131. The standard InChI is InChI=1S/C26H32N2O4/c1-17-26(2,23(29)16-32-17)28-25(31)22(15-18-9-4-3-5-10-18)27-24(30)21-14-8-12-19-11-6-7-13-20(19)21/h6-8,11-14,17-18,22H,3-5,9-10,15-16H2,1-2H3,(H,27,30)(H,28,31)/t17-,22+,26-/m1/s1. The number of ketones is 1. The molecule has 1 aliphatic carbocycles. The maximum atomic E-state index is 13.4. The third-order valence-electron chi connectivity index (χ3n) is 7.19. The van der Waals surface area contributed by atoms with Crippen LogP contribution in [0.5, 0.6) is 0 Å². The number of Topliss-reactive ketones (excluding diaryl/α,β-unsaturated/α-hetero) is 1. The van der Waals surface area contributed by atoms with Crippen molar-refractivity contribution in [3.8, 4) is 0 Å². The van der Waals surface area contributed by atoms with E-state index in [4.69, 9.17) is 4.74 Å². The molecule has 6 nitrogen and oxygen atoms in total. The van der Waals surface area contributed by atoms with E-state index >= 15 is 0 Å². The van der Waals surface area contributed by atoms with Crippen LogP contribution >= 0.6 is 0 Å². The Morgan fingerprint density at radius 1 is 1.09 bits per heavy atom. The lowest BCUT2D eigenvalue weighted by Gasteiger charge is -2.31. The molecule has 0 unspecified atom stereocenters. The fourth-order valence-electron chi connectivity index (χ4n) is 4.91. The van der Waals surface area contributed by atoms with Gasteiger partial charge in [-0.3, -0.25) is 14.4 Å². The van der Waals surface area contributed by atoms with Crippen LogP contribution in [0.4, 0.5) is 0 Å². The maximum absolute atomic E-state index is 13.4. The number of carbonyl (C=O) groups is 3. The van der Waals surface area contributed by atoms with Gasteiger partial charge in [0.2, 0.25) is 5.91 Å². The molecule has 2 aromatic carbocycles. The molecule has 0 aromatic heterocycles. The zero-order valence-corrected chi connectivity index (χ0v) is 18.9. The van der Waals surface area contributed by atoms with Crippen molar-refractivity contribution < 1.29 is 19.1 Å². The average Bonchev–Trinajstić information content (AvgIpc) is 3.05. The number of carbonyl (C=O) groups excluding carboxylic acids is 3. The fourth-order valence-corrected chi connectivity index (χ4v) is 4.91. The van der Waals surface area contributed by atoms with Crippen molar-refractivity contribution in [2.24, 2.45) is 5.92 Å². The van der Waals surface area contributed by atoms with Gasteiger partial charge in [-0.05, 0) is 43.0 Å². The van der Waals surface area contributed by atoms with Gasteiger partial charge < -0.3 is 15.4 Å². The summed E-state index contributed by atoms with van der Waals surface area (Å²) in [7, 11) is 0. The average molecular weight is 437 g/mol. The van der Waals surface area contributed by atoms with Crippen molar-refractivity contribution in [2.45, 2.75) is 70.1 Å². The molecule has 2 fully saturated rings. The quantitative estimate of drug-likeness (QED) is 0.722. The highest BCUT2D eigenvalue weighted by Gasteiger charge is 2.47. The molecule has 1 aliphatic heterocycles. The monoisotopic (exact) mass is 436 g/mol. The van der Waals surface area contributed by atoms with E-state index in [1.807, 2.05) is 36.4 Å². The molecule has 6 heteroatoms. The van der Waals surface area contributed by atoms with Crippen LogP contribution in [-0.4, -0.2) is 41.9 Å². The highest BCUT2D eigenvalue weighted by molar-refractivity contribution is 6.08. The molecule has 0 radical (unpaired) electrons. The molecule has 2 aromatic rings. The van der Waals surface area contributed by atoms with E-state index in [1.54, 1.807) is 19.9 Å². The van der Waals surface area contributed by atoms with Gasteiger partial charge in [-0.15, -0.1) is 0 Å². The van der Waals surface area contributed by atoms with Crippen molar-refractivity contribution in [2.75, 3.05) is 6.61 Å². The number of ether oxygens (including phenoxy) is 1. The second-order valence-corrected chi connectivity index (χ2v) is 9.36. The van der Waals surface area contributed by atoms with Crippen molar-refractivity contribution in [3.05, 3.63) is 48.0 Å². The molecule has 2 amide bonds. The minimum Gasteiger partial charge on any atom is -0.368 e. The van der Waals surface area contributed by atoms with Crippen LogP contribution in [0.15, 0.2) is 42.5 Å². The first-order chi connectivity index (χ1) is 15.4. The van der Waals surface area contributed by atoms with Gasteiger partial charge in [0.1, 0.15) is 18.2 Å².